The summed E-state index contributed by atoms with van der Waals surface area (Å²) in [7, 11) is 3.22. The molecule has 132 valence electrons. The van der Waals surface area contributed by atoms with Gasteiger partial charge < -0.3 is 19.1 Å². The van der Waals surface area contributed by atoms with E-state index in [2.05, 4.69) is 0 Å². The Balaban J connectivity index is 2.02. The van der Waals surface area contributed by atoms with E-state index >= 15 is 0 Å². The summed E-state index contributed by atoms with van der Waals surface area (Å²) in [6, 6.07) is 15.5. The van der Waals surface area contributed by atoms with E-state index in [-0.39, 0.29) is 0 Å². The van der Waals surface area contributed by atoms with Gasteiger partial charge in [-0.2, -0.15) is 0 Å². The van der Waals surface area contributed by atoms with Gasteiger partial charge in [0.05, 0.1) is 19.9 Å². The molecular weight excluding hydrogens is 330 g/mol. The van der Waals surface area contributed by atoms with Crippen molar-refractivity contribution in [3.63, 3.8) is 0 Å². The normalized spacial score (nSPS) is 12.2. The molecule has 5 heteroatoms. The molecule has 2 heterocycles. The predicted molar refractivity (Wildman–Crippen MR) is 99.1 cm³/mol. The molecule has 5 nitrogen and oxygen atoms in total. The molecular formula is C21H19NO4. The minimum Gasteiger partial charge on any atom is -0.493 e. The van der Waals surface area contributed by atoms with Crippen LogP contribution in [0.2, 0.25) is 0 Å². The van der Waals surface area contributed by atoms with Gasteiger partial charge in [-0.05, 0) is 35.7 Å². The molecule has 4 rings (SSSR count). The van der Waals surface area contributed by atoms with Crippen molar-refractivity contribution in [2.45, 2.75) is 13.0 Å². The number of ether oxygens (including phenoxy) is 2. The van der Waals surface area contributed by atoms with Crippen LogP contribution >= 0.6 is 0 Å². The molecule has 0 saturated heterocycles. The van der Waals surface area contributed by atoms with Gasteiger partial charge in [-0.15, -0.1) is 0 Å². The number of benzene rings is 2. The van der Waals surface area contributed by atoms with Gasteiger partial charge in [-0.3, -0.25) is 0 Å². The van der Waals surface area contributed by atoms with Crippen molar-refractivity contribution in [1.82, 2.24) is 4.57 Å². The first-order valence-corrected chi connectivity index (χ1v) is 8.41. The molecule has 0 bridgehead atoms. The lowest BCUT2D eigenvalue weighted by Crippen LogP contribution is -2.16. The largest absolute Gasteiger partial charge is 0.493 e. The second-order valence-corrected chi connectivity index (χ2v) is 6.23. The van der Waals surface area contributed by atoms with Crippen LogP contribution in [0, 0.1) is 0 Å². The Labute approximate surface area is 151 Å². The third-order valence-corrected chi connectivity index (χ3v) is 4.87. The van der Waals surface area contributed by atoms with Crippen LogP contribution in [-0.2, 0) is 13.0 Å². The van der Waals surface area contributed by atoms with Crippen molar-refractivity contribution in [2.75, 3.05) is 14.2 Å². The molecule has 0 radical (unpaired) electrons. The third-order valence-electron chi connectivity index (χ3n) is 4.87. The highest BCUT2D eigenvalue weighted by Crippen LogP contribution is 2.44. The molecule has 2 aromatic carbocycles. The molecule has 0 amide bonds. The zero-order valence-electron chi connectivity index (χ0n) is 14.7. The quantitative estimate of drug-likeness (QED) is 0.770. The molecule has 1 aliphatic heterocycles. The van der Waals surface area contributed by atoms with Crippen LogP contribution in [-0.4, -0.2) is 29.9 Å². The average Bonchev–Trinajstić information content (AvgIpc) is 3.07. The number of aromatic carboxylic acids is 1. The van der Waals surface area contributed by atoms with Crippen molar-refractivity contribution in [2.24, 2.45) is 0 Å². The number of hydrogen-bond acceptors (Lipinski definition) is 3. The minimum atomic E-state index is -0.919. The SMILES string of the molecule is COc1cc2c(cc1OC)-c1c(-c3ccccc3)cc(C(=O)O)n1CC2. The average molecular weight is 349 g/mol. The van der Waals surface area contributed by atoms with Gasteiger partial charge in [0.15, 0.2) is 11.5 Å². The van der Waals surface area contributed by atoms with E-state index in [9.17, 15) is 9.90 Å². The highest BCUT2D eigenvalue weighted by molar-refractivity contribution is 5.94. The summed E-state index contributed by atoms with van der Waals surface area (Å²) < 4.78 is 12.8. The summed E-state index contributed by atoms with van der Waals surface area (Å²) in [5.41, 5.74) is 5.24. The van der Waals surface area contributed by atoms with Gasteiger partial charge in [0, 0.05) is 17.7 Å². The Hall–Kier alpha value is -3.21. The smallest absolute Gasteiger partial charge is 0.352 e. The molecule has 0 aliphatic carbocycles. The number of hydrogen-bond donors (Lipinski definition) is 1. The molecule has 1 aliphatic rings. The maximum Gasteiger partial charge on any atom is 0.352 e. The van der Waals surface area contributed by atoms with Crippen LogP contribution < -0.4 is 9.47 Å². The van der Waals surface area contributed by atoms with Crippen molar-refractivity contribution in [1.29, 1.82) is 0 Å². The summed E-state index contributed by atoms with van der Waals surface area (Å²) in [6.45, 7) is 0.617. The van der Waals surface area contributed by atoms with Crippen LogP contribution in [0.1, 0.15) is 16.1 Å². The number of rotatable bonds is 4. The molecule has 1 aromatic heterocycles. The van der Waals surface area contributed by atoms with Crippen LogP contribution in [0.15, 0.2) is 48.5 Å². The van der Waals surface area contributed by atoms with E-state index in [1.165, 1.54) is 0 Å². The summed E-state index contributed by atoms with van der Waals surface area (Å²) >= 11 is 0. The first kappa shape index (κ1) is 16.3. The van der Waals surface area contributed by atoms with E-state index in [1.54, 1.807) is 20.3 Å². The van der Waals surface area contributed by atoms with Crippen molar-refractivity contribution in [3.05, 3.63) is 59.8 Å². The van der Waals surface area contributed by atoms with Crippen LogP contribution in [0.25, 0.3) is 22.4 Å². The molecule has 26 heavy (non-hydrogen) atoms. The Morgan fingerprint density at radius 2 is 1.69 bits per heavy atom. The van der Waals surface area contributed by atoms with E-state index in [1.807, 2.05) is 47.0 Å². The summed E-state index contributed by atoms with van der Waals surface area (Å²) in [6.07, 6.45) is 0.742. The standard InChI is InChI=1S/C21H19NO4/c1-25-18-10-14-8-9-22-17(21(23)24)11-15(13-6-4-3-5-7-13)20(22)16(14)12-19(18)26-2/h3-7,10-12H,8-9H2,1-2H3,(H,23,24). The number of methoxy groups -OCH3 is 2. The van der Waals surface area contributed by atoms with E-state index in [0.717, 1.165) is 34.4 Å². The predicted octanol–water partition coefficient (Wildman–Crippen LogP) is 4.09. The molecule has 0 spiro atoms. The molecule has 0 unspecified atom stereocenters. The number of carbonyl (C=O) groups is 1. The van der Waals surface area contributed by atoms with Crippen molar-refractivity contribution >= 4 is 5.97 Å². The van der Waals surface area contributed by atoms with Gasteiger partial charge in [-0.1, -0.05) is 30.3 Å². The third kappa shape index (κ3) is 2.44. The first-order chi connectivity index (χ1) is 12.6. The topological polar surface area (TPSA) is 60.7 Å². The fraction of sp³-hybridized carbons (Fsp3) is 0.190. The number of fused-ring (bicyclic) bond motifs is 3. The lowest BCUT2D eigenvalue weighted by molar-refractivity contribution is 0.0685. The van der Waals surface area contributed by atoms with Crippen LogP contribution in [0.3, 0.4) is 0 Å². The highest BCUT2D eigenvalue weighted by Gasteiger charge is 2.27. The lowest BCUT2D eigenvalue weighted by Gasteiger charge is -2.23. The van der Waals surface area contributed by atoms with Gasteiger partial charge in [0.1, 0.15) is 5.69 Å². The van der Waals surface area contributed by atoms with Crippen molar-refractivity contribution < 1.29 is 19.4 Å². The molecule has 1 N–H and O–H groups in total. The second-order valence-electron chi connectivity index (χ2n) is 6.23. The van der Waals surface area contributed by atoms with Crippen LogP contribution in [0.5, 0.6) is 11.5 Å². The Morgan fingerprint density at radius 1 is 1.00 bits per heavy atom. The van der Waals surface area contributed by atoms with Gasteiger partial charge in [0.2, 0.25) is 0 Å². The van der Waals surface area contributed by atoms with Crippen molar-refractivity contribution in [3.8, 4) is 33.9 Å². The highest BCUT2D eigenvalue weighted by atomic mass is 16.5. The molecule has 3 aromatic rings. The number of carboxylic acids is 1. The molecule has 0 saturated carbocycles. The first-order valence-electron chi connectivity index (χ1n) is 8.41. The lowest BCUT2D eigenvalue weighted by atomic mass is 9.93. The summed E-state index contributed by atoms with van der Waals surface area (Å²) in [4.78, 5) is 11.8. The van der Waals surface area contributed by atoms with Gasteiger partial charge in [-0.25, -0.2) is 4.79 Å². The fourth-order valence-electron chi connectivity index (χ4n) is 3.67. The summed E-state index contributed by atoms with van der Waals surface area (Å²) in [5, 5.41) is 9.67. The Kier molecular flexibility index (Phi) is 3.92. The zero-order chi connectivity index (χ0) is 18.3. The maximum atomic E-state index is 11.8. The number of aryl methyl sites for hydroxylation is 1. The molecule has 0 fully saturated rings. The number of nitrogens with zero attached hydrogens (tertiary/aromatic N) is 1. The Morgan fingerprint density at radius 3 is 2.35 bits per heavy atom. The summed E-state index contributed by atoms with van der Waals surface area (Å²) in [5.74, 6) is 0.403. The van der Waals surface area contributed by atoms with Crippen LogP contribution in [0.4, 0.5) is 0 Å². The van der Waals surface area contributed by atoms with E-state index in [4.69, 9.17) is 9.47 Å². The Bertz CT molecular complexity index is 989. The van der Waals surface area contributed by atoms with E-state index < -0.39 is 5.97 Å². The number of carboxylic acid groups (broad SMARTS) is 1. The zero-order valence-corrected chi connectivity index (χ0v) is 14.7. The fourth-order valence-corrected chi connectivity index (χ4v) is 3.67. The van der Waals surface area contributed by atoms with Gasteiger partial charge in [0.25, 0.3) is 0 Å². The molecule has 0 atom stereocenters. The second kappa shape index (κ2) is 6.26. The monoisotopic (exact) mass is 349 g/mol. The minimum absolute atomic E-state index is 0.305. The van der Waals surface area contributed by atoms with E-state index in [0.29, 0.717) is 23.7 Å². The maximum absolute atomic E-state index is 11.8. The number of aromatic nitrogens is 1. The van der Waals surface area contributed by atoms with Gasteiger partial charge >= 0.3 is 5.97 Å².